The Labute approximate surface area is 219 Å². The van der Waals surface area contributed by atoms with Crippen LogP contribution < -0.4 is 5.73 Å². The van der Waals surface area contributed by atoms with Gasteiger partial charge in [0.15, 0.2) is 24.1 Å². The van der Waals surface area contributed by atoms with Crippen LogP contribution in [-0.4, -0.2) is 94.3 Å². The number of methoxy groups -OCH3 is 1. The average Bonchev–Trinajstić information content (AvgIpc) is 3.57. The summed E-state index contributed by atoms with van der Waals surface area (Å²) >= 11 is 0. The third-order valence-electron chi connectivity index (χ3n) is 5.94. The summed E-state index contributed by atoms with van der Waals surface area (Å²) in [5, 5.41) is 14.4. The van der Waals surface area contributed by atoms with Gasteiger partial charge < -0.3 is 34.2 Å². The molecule has 2 saturated heterocycles. The summed E-state index contributed by atoms with van der Waals surface area (Å²) < 4.78 is 32.5. The van der Waals surface area contributed by atoms with Crippen LogP contribution in [0.4, 0.5) is 15.4 Å². The van der Waals surface area contributed by atoms with Gasteiger partial charge in [-0.15, -0.1) is 0 Å². The molecule has 0 saturated carbocycles. The molecule has 17 nitrogen and oxygen atoms in total. The fraction of sp³-hybridized carbons (Fsp3) is 0.455. The molecule has 0 spiro atoms. The molecule has 4 heterocycles. The fourth-order valence-corrected chi connectivity index (χ4v) is 4.33. The molecule has 0 aromatic carbocycles. The second-order valence-electron chi connectivity index (χ2n) is 8.33. The van der Waals surface area contributed by atoms with Gasteiger partial charge in [-0.3, -0.25) is 9.59 Å². The van der Waals surface area contributed by atoms with E-state index in [4.69, 9.17) is 29.4 Å². The number of imide groups is 1. The number of esters is 3. The number of carbonyl (C=O) groups is 5. The third kappa shape index (κ3) is 4.72. The van der Waals surface area contributed by atoms with Crippen LogP contribution in [0.3, 0.4) is 0 Å². The number of carbonyl (C=O) groups excluding carboxylic acids is 5. The van der Waals surface area contributed by atoms with Crippen molar-refractivity contribution in [2.75, 3.05) is 26.1 Å². The van der Waals surface area contributed by atoms with Gasteiger partial charge in [-0.25, -0.2) is 23.9 Å². The summed E-state index contributed by atoms with van der Waals surface area (Å²) in [6, 6.07) is 3.49. The van der Waals surface area contributed by atoms with E-state index in [1.807, 2.05) is 6.07 Å². The number of nitrogen functional groups attached to an aromatic ring is 1. The average molecular weight is 546 g/mol. The first kappa shape index (κ1) is 27.1. The molecule has 0 unspecified atom stereocenters. The number of nitriles is 1. The number of aromatic nitrogens is 3. The Morgan fingerprint density at radius 3 is 2.59 bits per heavy atom. The Balaban J connectivity index is 1.70. The van der Waals surface area contributed by atoms with Crippen molar-refractivity contribution in [2.45, 2.75) is 43.8 Å². The van der Waals surface area contributed by atoms with Gasteiger partial charge in [0.2, 0.25) is 5.60 Å². The highest BCUT2D eigenvalue weighted by Crippen LogP contribution is 2.43. The highest BCUT2D eigenvalue weighted by molar-refractivity contribution is 5.95. The lowest BCUT2D eigenvalue weighted by Crippen LogP contribution is -2.47. The molecule has 2 aromatic rings. The maximum absolute atomic E-state index is 12.7. The Bertz CT molecular complexity index is 1390. The van der Waals surface area contributed by atoms with Crippen molar-refractivity contribution in [3.8, 4) is 6.07 Å². The predicted octanol–water partition coefficient (Wildman–Crippen LogP) is -0.577. The number of cyclic esters (lactones) is 1. The molecule has 4 rings (SSSR count). The molecule has 0 bridgehead atoms. The minimum absolute atomic E-state index is 0.0419. The van der Waals surface area contributed by atoms with E-state index in [1.165, 1.54) is 16.6 Å². The molecule has 17 heteroatoms. The summed E-state index contributed by atoms with van der Waals surface area (Å²) in [5.41, 5.74) is 4.10. The molecule has 0 aliphatic carbocycles. The van der Waals surface area contributed by atoms with Crippen LogP contribution in [-0.2, 0) is 48.4 Å². The molecule has 2 fully saturated rings. The molecule has 2 aromatic heterocycles. The van der Waals surface area contributed by atoms with E-state index >= 15 is 0 Å². The Morgan fingerprint density at radius 2 is 1.95 bits per heavy atom. The molecule has 0 radical (unpaired) electrons. The normalized spacial score (nSPS) is 26.0. The predicted molar refractivity (Wildman–Crippen MR) is 121 cm³/mol. The molecule has 2 amide bonds. The lowest BCUT2D eigenvalue weighted by atomic mass is 9.92. The summed E-state index contributed by atoms with van der Waals surface area (Å²) in [6.07, 6.45) is -5.76. The monoisotopic (exact) mass is 546 g/mol. The van der Waals surface area contributed by atoms with Gasteiger partial charge in [-0.2, -0.15) is 15.3 Å². The van der Waals surface area contributed by atoms with Crippen LogP contribution in [0.15, 0.2) is 18.5 Å². The largest absolute Gasteiger partial charge is 0.467 e. The molecule has 2 aliphatic heterocycles. The van der Waals surface area contributed by atoms with E-state index in [0.29, 0.717) is 10.4 Å². The zero-order valence-corrected chi connectivity index (χ0v) is 20.8. The number of hydrogen-bond donors (Lipinski definition) is 1. The number of ether oxygens (including phenoxy) is 6. The quantitative estimate of drug-likeness (QED) is 0.353. The number of rotatable bonds is 6. The third-order valence-corrected chi connectivity index (χ3v) is 5.94. The van der Waals surface area contributed by atoms with Crippen LogP contribution in [0.2, 0.25) is 0 Å². The topological polar surface area (TPSA) is 224 Å². The molecule has 39 heavy (non-hydrogen) atoms. The lowest BCUT2D eigenvalue weighted by Gasteiger charge is -2.28. The van der Waals surface area contributed by atoms with Crippen molar-refractivity contribution in [2.24, 2.45) is 0 Å². The molecular weight excluding hydrogens is 524 g/mol. The highest BCUT2D eigenvalue weighted by atomic mass is 16.7. The number of fused-ring (bicyclic) bond motifs is 1. The van der Waals surface area contributed by atoms with E-state index in [0.717, 1.165) is 27.3 Å². The van der Waals surface area contributed by atoms with Crippen LogP contribution in [0, 0.1) is 11.3 Å². The van der Waals surface area contributed by atoms with Crippen molar-refractivity contribution < 1.29 is 52.4 Å². The number of amides is 2. The first-order valence-corrected chi connectivity index (χ1v) is 11.3. The van der Waals surface area contributed by atoms with Gasteiger partial charge in [-0.05, 0) is 12.1 Å². The molecule has 2 N–H and O–H groups in total. The molecule has 206 valence electrons. The zero-order valence-electron chi connectivity index (χ0n) is 20.8. The number of anilines is 1. The maximum Gasteiger partial charge on any atom is 0.420 e. The van der Waals surface area contributed by atoms with E-state index in [2.05, 4.69) is 14.8 Å². The maximum atomic E-state index is 12.7. The summed E-state index contributed by atoms with van der Waals surface area (Å²) in [5.74, 6) is -2.52. The van der Waals surface area contributed by atoms with Crippen LogP contribution in [0.5, 0.6) is 0 Å². The van der Waals surface area contributed by atoms with E-state index in [-0.39, 0.29) is 11.5 Å². The minimum Gasteiger partial charge on any atom is -0.467 e. The summed E-state index contributed by atoms with van der Waals surface area (Å²) in [4.78, 5) is 65.1. The first-order valence-electron chi connectivity index (χ1n) is 11.3. The smallest absolute Gasteiger partial charge is 0.420 e. The second-order valence-corrected chi connectivity index (χ2v) is 8.33. The fourth-order valence-electron chi connectivity index (χ4n) is 4.33. The zero-order chi connectivity index (χ0) is 28.5. The van der Waals surface area contributed by atoms with Crippen molar-refractivity contribution in [1.82, 2.24) is 19.5 Å². The van der Waals surface area contributed by atoms with Crippen molar-refractivity contribution >= 4 is 41.4 Å². The van der Waals surface area contributed by atoms with Crippen molar-refractivity contribution in [3.05, 3.63) is 24.2 Å². The molecule has 2 aliphatic rings. The molecule has 5 atom stereocenters. The highest BCUT2D eigenvalue weighted by Gasteiger charge is 2.62. The second kappa shape index (κ2) is 10.4. The SMILES string of the molecule is COC(=O)[C@H]1COC(=O)N1C(=O)OC[C@H]1O[C@@](C#N)(c2ccc3c(N)ncnn23)[C@H](OC(C)=O)[C@@H]1OC(C)=O. The van der Waals surface area contributed by atoms with Gasteiger partial charge in [0.1, 0.15) is 37.2 Å². The number of hydrogen-bond acceptors (Lipinski definition) is 15. The van der Waals surface area contributed by atoms with E-state index in [9.17, 15) is 29.2 Å². The van der Waals surface area contributed by atoms with Gasteiger partial charge >= 0.3 is 30.1 Å². The van der Waals surface area contributed by atoms with Gasteiger partial charge in [0, 0.05) is 13.8 Å². The number of nitrogens with two attached hydrogens (primary N) is 1. The molecular formula is C22H22N6O11. The minimum atomic E-state index is -2.14. The van der Waals surface area contributed by atoms with Crippen molar-refractivity contribution in [3.63, 3.8) is 0 Å². The van der Waals surface area contributed by atoms with Gasteiger partial charge in [0.25, 0.3) is 0 Å². The summed E-state index contributed by atoms with van der Waals surface area (Å²) in [7, 11) is 1.06. The van der Waals surface area contributed by atoms with Crippen LogP contribution >= 0.6 is 0 Å². The summed E-state index contributed by atoms with van der Waals surface area (Å²) in [6.45, 7) is 0.982. The van der Waals surface area contributed by atoms with E-state index in [1.54, 1.807) is 0 Å². The van der Waals surface area contributed by atoms with Gasteiger partial charge in [0.05, 0.1) is 12.8 Å². The number of nitrogens with zero attached hydrogens (tertiary/aromatic N) is 5. The van der Waals surface area contributed by atoms with Gasteiger partial charge in [-0.1, -0.05) is 0 Å². The lowest BCUT2D eigenvalue weighted by molar-refractivity contribution is -0.166. The van der Waals surface area contributed by atoms with E-state index < -0.39 is 73.3 Å². The standard InChI is InChI=1S/C22H22N6O11/c1-10(29)37-16-14(7-36-21(33)27-13(19(31)34-3)6-35-20(27)32)39-22(8-23,17(16)38-11(2)30)15-5-4-12-18(24)25-9-26-28(12)15/h4-5,9,13-14,16-17H,6-7H2,1-3H3,(H2,24,25,26)/t13-,14-,16-,17-,22+/m1/s1. The van der Waals surface area contributed by atoms with Crippen LogP contribution in [0.1, 0.15) is 19.5 Å². The Kier molecular flexibility index (Phi) is 7.23. The van der Waals surface area contributed by atoms with Crippen molar-refractivity contribution in [1.29, 1.82) is 5.26 Å². The Hall–Kier alpha value is -4.98. The Morgan fingerprint density at radius 1 is 1.23 bits per heavy atom. The van der Waals surface area contributed by atoms with Crippen LogP contribution in [0.25, 0.3) is 5.52 Å². The first-order chi connectivity index (χ1) is 18.5.